The molecule has 0 amide bonds. The number of hydrogen-bond acceptors (Lipinski definition) is 2. The van der Waals surface area contributed by atoms with Crippen LogP contribution < -0.4 is 5.32 Å². The zero-order valence-electron chi connectivity index (χ0n) is 7.05. The van der Waals surface area contributed by atoms with Crippen LogP contribution in [0.2, 0.25) is 0 Å². The van der Waals surface area contributed by atoms with Crippen molar-refractivity contribution >= 4 is 17.7 Å². The average molecular weight is 172 g/mol. The van der Waals surface area contributed by atoms with Gasteiger partial charge in [-0.1, -0.05) is 12.2 Å². The van der Waals surface area contributed by atoms with Crippen molar-refractivity contribution in [3.63, 3.8) is 0 Å². The summed E-state index contributed by atoms with van der Waals surface area (Å²) in [5, 5.41) is 3.06. The highest BCUT2D eigenvalue weighted by atomic mass is 32.1. The SMILES string of the molecule is CN1CCCC1CCNC=S. The topological polar surface area (TPSA) is 15.3 Å². The normalized spacial score (nSPS) is 25.4. The maximum atomic E-state index is 4.67. The summed E-state index contributed by atoms with van der Waals surface area (Å²) in [6, 6.07) is 0.789. The van der Waals surface area contributed by atoms with E-state index in [4.69, 9.17) is 0 Å². The molecule has 11 heavy (non-hydrogen) atoms. The van der Waals surface area contributed by atoms with Crippen molar-refractivity contribution in [3.05, 3.63) is 0 Å². The van der Waals surface area contributed by atoms with Gasteiger partial charge in [-0.3, -0.25) is 0 Å². The Kier molecular flexibility index (Phi) is 3.80. The van der Waals surface area contributed by atoms with Crippen molar-refractivity contribution in [3.8, 4) is 0 Å². The van der Waals surface area contributed by atoms with Crippen molar-refractivity contribution in [2.75, 3.05) is 20.1 Å². The Bertz CT molecular complexity index is 127. The zero-order valence-corrected chi connectivity index (χ0v) is 7.86. The minimum absolute atomic E-state index is 0.789. The molecule has 1 rings (SSSR count). The molecule has 64 valence electrons. The van der Waals surface area contributed by atoms with Gasteiger partial charge >= 0.3 is 0 Å². The molecule has 0 bridgehead atoms. The lowest BCUT2D eigenvalue weighted by molar-refractivity contribution is 0.297. The van der Waals surface area contributed by atoms with Crippen LogP contribution in [0.15, 0.2) is 0 Å². The van der Waals surface area contributed by atoms with Crippen molar-refractivity contribution in [1.29, 1.82) is 0 Å². The summed E-state index contributed by atoms with van der Waals surface area (Å²) in [5.41, 5.74) is 1.61. The molecule has 2 nitrogen and oxygen atoms in total. The van der Waals surface area contributed by atoms with Gasteiger partial charge in [-0.2, -0.15) is 0 Å². The average Bonchev–Trinajstić information content (AvgIpc) is 2.37. The van der Waals surface area contributed by atoms with Gasteiger partial charge < -0.3 is 10.2 Å². The van der Waals surface area contributed by atoms with Crippen LogP contribution in [0.5, 0.6) is 0 Å². The zero-order chi connectivity index (χ0) is 8.10. The second-order valence-electron chi connectivity index (χ2n) is 3.14. The molecular weight excluding hydrogens is 156 g/mol. The summed E-state index contributed by atoms with van der Waals surface area (Å²) in [6.45, 7) is 2.29. The smallest absolute Gasteiger partial charge is 0.0614 e. The van der Waals surface area contributed by atoms with Crippen LogP contribution in [-0.4, -0.2) is 36.6 Å². The summed E-state index contributed by atoms with van der Waals surface area (Å²) in [5.74, 6) is 0. The lowest BCUT2D eigenvalue weighted by Crippen LogP contribution is -2.28. The number of thiocarbonyl (C=S) groups is 1. The molecule has 0 spiro atoms. The number of likely N-dealkylation sites (tertiary alicyclic amines) is 1. The highest BCUT2D eigenvalue weighted by Crippen LogP contribution is 2.16. The molecule has 0 saturated carbocycles. The van der Waals surface area contributed by atoms with Gasteiger partial charge in [-0.15, -0.1) is 0 Å². The molecule has 1 aliphatic heterocycles. The van der Waals surface area contributed by atoms with Gasteiger partial charge in [0.15, 0.2) is 0 Å². The van der Waals surface area contributed by atoms with Crippen molar-refractivity contribution in [1.82, 2.24) is 10.2 Å². The van der Waals surface area contributed by atoms with Crippen LogP contribution in [0.25, 0.3) is 0 Å². The van der Waals surface area contributed by atoms with Crippen LogP contribution in [0.1, 0.15) is 19.3 Å². The number of nitrogens with zero attached hydrogens (tertiary/aromatic N) is 1. The van der Waals surface area contributed by atoms with Gasteiger partial charge in [0, 0.05) is 12.6 Å². The van der Waals surface area contributed by atoms with E-state index in [1.165, 1.54) is 25.8 Å². The monoisotopic (exact) mass is 172 g/mol. The molecule has 1 unspecified atom stereocenters. The predicted octanol–water partition coefficient (Wildman–Crippen LogP) is 1.02. The summed E-state index contributed by atoms with van der Waals surface area (Å²) in [6.07, 6.45) is 3.94. The lowest BCUT2D eigenvalue weighted by Gasteiger charge is -2.18. The molecule has 0 aromatic heterocycles. The maximum absolute atomic E-state index is 4.67. The highest BCUT2D eigenvalue weighted by molar-refractivity contribution is 7.78. The molecule has 3 heteroatoms. The third-order valence-electron chi connectivity index (χ3n) is 2.38. The Balaban J connectivity index is 2.10. The first-order valence-electron chi connectivity index (χ1n) is 4.22. The van der Waals surface area contributed by atoms with Crippen LogP contribution in [0.4, 0.5) is 0 Å². The number of nitrogens with one attached hydrogen (secondary N) is 1. The Morgan fingerprint density at radius 3 is 3.09 bits per heavy atom. The van der Waals surface area contributed by atoms with Crippen LogP contribution >= 0.6 is 12.2 Å². The fourth-order valence-electron chi connectivity index (χ4n) is 1.65. The van der Waals surface area contributed by atoms with E-state index in [1.807, 2.05) is 0 Å². The summed E-state index contributed by atoms with van der Waals surface area (Å²) < 4.78 is 0. The molecule has 1 heterocycles. The summed E-state index contributed by atoms with van der Waals surface area (Å²) in [7, 11) is 2.20. The van der Waals surface area contributed by atoms with E-state index in [2.05, 4.69) is 29.5 Å². The van der Waals surface area contributed by atoms with Crippen LogP contribution in [0.3, 0.4) is 0 Å². The third-order valence-corrected chi connectivity index (χ3v) is 2.54. The Morgan fingerprint density at radius 2 is 2.55 bits per heavy atom. The summed E-state index contributed by atoms with van der Waals surface area (Å²) in [4.78, 5) is 2.44. The second kappa shape index (κ2) is 4.67. The quantitative estimate of drug-likeness (QED) is 0.503. The van der Waals surface area contributed by atoms with E-state index in [9.17, 15) is 0 Å². The Labute approximate surface area is 74.0 Å². The van der Waals surface area contributed by atoms with Crippen molar-refractivity contribution in [2.45, 2.75) is 25.3 Å². The molecule has 0 aromatic rings. The minimum Gasteiger partial charge on any atom is -0.382 e. The first-order chi connectivity index (χ1) is 5.34. The van der Waals surface area contributed by atoms with Crippen molar-refractivity contribution in [2.24, 2.45) is 0 Å². The Hall–Kier alpha value is -0.150. The standard InChI is InChI=1S/C8H16N2S/c1-10-6-2-3-8(10)4-5-9-7-11/h7-8H,2-6H2,1H3,(H,9,11). The van der Waals surface area contributed by atoms with Gasteiger partial charge in [-0.05, 0) is 32.9 Å². The molecule has 1 aliphatic rings. The lowest BCUT2D eigenvalue weighted by atomic mass is 10.1. The van der Waals surface area contributed by atoms with E-state index in [-0.39, 0.29) is 0 Å². The van der Waals surface area contributed by atoms with Crippen LogP contribution in [-0.2, 0) is 0 Å². The van der Waals surface area contributed by atoms with Crippen LogP contribution in [0, 0.1) is 0 Å². The van der Waals surface area contributed by atoms with E-state index in [0.29, 0.717) is 0 Å². The van der Waals surface area contributed by atoms with Gasteiger partial charge in [0.1, 0.15) is 0 Å². The summed E-state index contributed by atoms with van der Waals surface area (Å²) >= 11 is 4.67. The molecule has 1 saturated heterocycles. The molecule has 1 atom stereocenters. The third kappa shape index (κ3) is 2.75. The molecular formula is C8H16N2S. The molecule has 0 aliphatic carbocycles. The second-order valence-corrected chi connectivity index (χ2v) is 3.37. The first kappa shape index (κ1) is 8.94. The Morgan fingerprint density at radius 1 is 1.73 bits per heavy atom. The van der Waals surface area contributed by atoms with E-state index < -0.39 is 0 Å². The van der Waals surface area contributed by atoms with E-state index in [1.54, 1.807) is 5.49 Å². The largest absolute Gasteiger partial charge is 0.382 e. The van der Waals surface area contributed by atoms with E-state index >= 15 is 0 Å². The maximum Gasteiger partial charge on any atom is 0.0614 e. The highest BCUT2D eigenvalue weighted by Gasteiger charge is 2.19. The van der Waals surface area contributed by atoms with Gasteiger partial charge in [-0.25, -0.2) is 0 Å². The van der Waals surface area contributed by atoms with Gasteiger partial charge in [0.2, 0.25) is 0 Å². The molecule has 0 aromatic carbocycles. The van der Waals surface area contributed by atoms with Gasteiger partial charge in [0.25, 0.3) is 0 Å². The van der Waals surface area contributed by atoms with Gasteiger partial charge in [0.05, 0.1) is 5.49 Å². The predicted molar refractivity (Wildman–Crippen MR) is 51.9 cm³/mol. The first-order valence-corrected chi connectivity index (χ1v) is 4.69. The van der Waals surface area contributed by atoms with E-state index in [0.717, 1.165) is 12.6 Å². The number of hydrogen-bond donors (Lipinski definition) is 1. The molecule has 1 fully saturated rings. The molecule has 0 radical (unpaired) electrons. The number of rotatable bonds is 4. The minimum atomic E-state index is 0.789. The van der Waals surface area contributed by atoms with Crippen molar-refractivity contribution < 1.29 is 0 Å². The fraction of sp³-hybridized carbons (Fsp3) is 0.875. The fourth-order valence-corrected chi connectivity index (χ4v) is 1.77. The molecule has 1 N–H and O–H groups in total.